The maximum atomic E-state index is 12.3. The van der Waals surface area contributed by atoms with Crippen LogP contribution in [0.2, 0.25) is 0 Å². The van der Waals surface area contributed by atoms with Crippen LogP contribution >= 0.6 is 0 Å². The van der Waals surface area contributed by atoms with Crippen LogP contribution < -0.4 is 5.32 Å². The topological polar surface area (TPSA) is 61.7 Å². The molecule has 0 saturated heterocycles. The first-order valence-corrected chi connectivity index (χ1v) is 8.54. The normalized spacial score (nSPS) is 11.2. The molecule has 0 atom stereocenters. The van der Waals surface area contributed by atoms with E-state index in [2.05, 4.69) is 10.3 Å². The second-order valence-electron chi connectivity index (χ2n) is 6.51. The number of rotatable bonds is 4. The van der Waals surface area contributed by atoms with Crippen molar-refractivity contribution in [1.29, 1.82) is 0 Å². The lowest BCUT2D eigenvalue weighted by molar-refractivity contribution is -0.114. The molecular formula is C22H22N2O2. The first-order chi connectivity index (χ1) is 12.5. The number of aryl methyl sites for hydroxylation is 3. The second kappa shape index (κ2) is 7.40. The summed E-state index contributed by atoms with van der Waals surface area (Å²) in [4.78, 5) is 16.5. The van der Waals surface area contributed by atoms with Crippen LogP contribution in [0, 0.1) is 20.8 Å². The zero-order valence-electron chi connectivity index (χ0n) is 15.2. The molecule has 0 fully saturated rings. The molecular weight excluding hydrogens is 324 g/mol. The molecule has 2 N–H and O–H groups in total. The quantitative estimate of drug-likeness (QED) is 0.682. The molecule has 3 rings (SSSR count). The largest absolute Gasteiger partial charge is 0.507 e. The fourth-order valence-electron chi connectivity index (χ4n) is 3.20. The van der Waals surface area contributed by atoms with Crippen molar-refractivity contribution >= 4 is 28.6 Å². The Hall–Kier alpha value is -3.14. The summed E-state index contributed by atoms with van der Waals surface area (Å²) in [5, 5.41) is 15.0. The first-order valence-electron chi connectivity index (χ1n) is 8.54. The number of benzene rings is 3. The van der Waals surface area contributed by atoms with Crippen molar-refractivity contribution in [2.75, 3.05) is 11.9 Å². The van der Waals surface area contributed by atoms with Crippen LogP contribution in [0.1, 0.15) is 22.3 Å². The molecule has 0 heterocycles. The molecule has 0 unspecified atom stereocenters. The summed E-state index contributed by atoms with van der Waals surface area (Å²) < 4.78 is 0. The lowest BCUT2D eigenvalue weighted by atomic mass is 10.0. The van der Waals surface area contributed by atoms with E-state index in [1.54, 1.807) is 12.3 Å². The van der Waals surface area contributed by atoms with Gasteiger partial charge in [-0.2, -0.15) is 0 Å². The summed E-state index contributed by atoms with van der Waals surface area (Å²) in [5.74, 6) is -0.0332. The van der Waals surface area contributed by atoms with Crippen LogP contribution in [0.3, 0.4) is 0 Å². The molecule has 4 heteroatoms. The van der Waals surface area contributed by atoms with Gasteiger partial charge in [-0.1, -0.05) is 48.0 Å². The first kappa shape index (κ1) is 17.7. The lowest BCUT2D eigenvalue weighted by Gasteiger charge is -2.12. The van der Waals surface area contributed by atoms with Gasteiger partial charge in [-0.15, -0.1) is 0 Å². The Morgan fingerprint density at radius 1 is 1.08 bits per heavy atom. The number of hydrogen-bond donors (Lipinski definition) is 2. The molecule has 0 bridgehead atoms. The van der Waals surface area contributed by atoms with Crippen LogP contribution in [0.5, 0.6) is 5.75 Å². The average molecular weight is 346 g/mol. The Morgan fingerprint density at radius 2 is 1.77 bits per heavy atom. The van der Waals surface area contributed by atoms with Crippen molar-refractivity contribution in [2.45, 2.75) is 20.8 Å². The third-order valence-electron chi connectivity index (χ3n) is 4.34. The van der Waals surface area contributed by atoms with Gasteiger partial charge < -0.3 is 10.4 Å². The van der Waals surface area contributed by atoms with Crippen LogP contribution in [0.4, 0.5) is 5.69 Å². The van der Waals surface area contributed by atoms with Gasteiger partial charge in [0.25, 0.3) is 0 Å². The minimum absolute atomic E-state index is 0.00455. The van der Waals surface area contributed by atoms with E-state index < -0.39 is 0 Å². The highest BCUT2D eigenvalue weighted by Crippen LogP contribution is 2.25. The summed E-state index contributed by atoms with van der Waals surface area (Å²) in [6.45, 7) is 5.99. The molecule has 3 aromatic carbocycles. The zero-order chi connectivity index (χ0) is 18.7. The number of carbonyl (C=O) groups is 1. The monoisotopic (exact) mass is 346 g/mol. The van der Waals surface area contributed by atoms with Crippen molar-refractivity contribution in [3.63, 3.8) is 0 Å². The summed E-state index contributed by atoms with van der Waals surface area (Å²) >= 11 is 0. The summed E-state index contributed by atoms with van der Waals surface area (Å²) in [7, 11) is 0. The van der Waals surface area contributed by atoms with E-state index in [0.717, 1.165) is 27.6 Å². The van der Waals surface area contributed by atoms with Crippen molar-refractivity contribution in [3.05, 3.63) is 70.8 Å². The standard InChI is InChI=1S/C22H22N2O2/c1-14-10-15(2)22(16(3)11-14)24-21(26)13-23-12-19-18-7-5-4-6-17(18)8-9-20(19)25/h4-12,25H,13H2,1-3H3,(H,24,26). The molecule has 0 radical (unpaired) electrons. The summed E-state index contributed by atoms with van der Waals surface area (Å²) in [6, 6.07) is 15.3. The van der Waals surface area contributed by atoms with Crippen molar-refractivity contribution in [1.82, 2.24) is 0 Å². The van der Waals surface area contributed by atoms with E-state index >= 15 is 0 Å². The van der Waals surface area contributed by atoms with E-state index in [-0.39, 0.29) is 18.2 Å². The van der Waals surface area contributed by atoms with Gasteiger partial charge in [-0.25, -0.2) is 0 Å². The molecule has 0 aliphatic rings. The van der Waals surface area contributed by atoms with Gasteiger partial charge in [0.1, 0.15) is 12.3 Å². The van der Waals surface area contributed by atoms with Crippen molar-refractivity contribution < 1.29 is 9.90 Å². The van der Waals surface area contributed by atoms with Gasteiger partial charge in [-0.3, -0.25) is 9.79 Å². The Kier molecular flexibility index (Phi) is 5.03. The fraction of sp³-hybridized carbons (Fsp3) is 0.182. The number of phenols is 1. The summed E-state index contributed by atoms with van der Waals surface area (Å²) in [5.41, 5.74) is 4.70. The zero-order valence-corrected chi connectivity index (χ0v) is 15.2. The second-order valence-corrected chi connectivity index (χ2v) is 6.51. The van der Waals surface area contributed by atoms with E-state index in [1.807, 2.05) is 63.2 Å². The van der Waals surface area contributed by atoms with E-state index in [0.29, 0.717) is 5.56 Å². The number of aromatic hydroxyl groups is 1. The molecule has 0 aliphatic heterocycles. The van der Waals surface area contributed by atoms with Crippen LogP contribution in [0.25, 0.3) is 10.8 Å². The Labute approximate surface area is 153 Å². The molecule has 0 aliphatic carbocycles. The summed E-state index contributed by atoms with van der Waals surface area (Å²) in [6.07, 6.45) is 1.56. The van der Waals surface area contributed by atoms with Gasteiger partial charge in [0.05, 0.1) is 0 Å². The maximum absolute atomic E-state index is 12.3. The molecule has 0 spiro atoms. The number of nitrogens with zero attached hydrogens (tertiary/aromatic N) is 1. The van der Waals surface area contributed by atoms with E-state index in [4.69, 9.17) is 0 Å². The number of hydrogen-bond acceptors (Lipinski definition) is 3. The van der Waals surface area contributed by atoms with E-state index in [9.17, 15) is 9.90 Å². The Morgan fingerprint density at radius 3 is 2.50 bits per heavy atom. The van der Waals surface area contributed by atoms with Crippen LogP contribution in [-0.2, 0) is 4.79 Å². The predicted octanol–water partition coefficient (Wildman–Crippen LogP) is 4.53. The van der Waals surface area contributed by atoms with Crippen molar-refractivity contribution in [2.24, 2.45) is 4.99 Å². The Bertz CT molecular complexity index is 983. The average Bonchev–Trinajstić information content (AvgIpc) is 2.60. The lowest BCUT2D eigenvalue weighted by Crippen LogP contribution is -2.16. The van der Waals surface area contributed by atoms with Crippen molar-refractivity contribution in [3.8, 4) is 5.75 Å². The number of carbonyl (C=O) groups excluding carboxylic acids is 1. The fourth-order valence-corrected chi connectivity index (χ4v) is 3.20. The van der Waals surface area contributed by atoms with Gasteiger partial charge in [0.15, 0.2) is 0 Å². The number of fused-ring (bicyclic) bond motifs is 1. The highest BCUT2D eigenvalue weighted by atomic mass is 16.3. The Balaban J connectivity index is 1.76. The molecule has 0 saturated carbocycles. The predicted molar refractivity (Wildman–Crippen MR) is 107 cm³/mol. The van der Waals surface area contributed by atoms with Gasteiger partial charge in [-0.05, 0) is 48.7 Å². The molecule has 132 valence electrons. The van der Waals surface area contributed by atoms with Crippen LogP contribution in [0.15, 0.2) is 53.5 Å². The number of phenolic OH excluding ortho intramolecular Hbond substituents is 1. The molecule has 1 amide bonds. The number of anilines is 1. The molecule has 4 nitrogen and oxygen atoms in total. The SMILES string of the molecule is Cc1cc(C)c(NC(=O)CN=Cc2c(O)ccc3ccccc23)c(C)c1. The van der Waals surface area contributed by atoms with Gasteiger partial charge in [0.2, 0.25) is 5.91 Å². The minimum Gasteiger partial charge on any atom is -0.507 e. The molecule has 0 aromatic heterocycles. The van der Waals surface area contributed by atoms with Gasteiger partial charge in [0, 0.05) is 17.5 Å². The number of amides is 1. The molecule has 3 aromatic rings. The number of nitrogens with one attached hydrogen (secondary N) is 1. The van der Waals surface area contributed by atoms with Gasteiger partial charge >= 0.3 is 0 Å². The maximum Gasteiger partial charge on any atom is 0.246 e. The molecule has 26 heavy (non-hydrogen) atoms. The third-order valence-corrected chi connectivity index (χ3v) is 4.34. The highest BCUT2D eigenvalue weighted by Gasteiger charge is 2.08. The minimum atomic E-state index is -0.184. The van der Waals surface area contributed by atoms with E-state index in [1.165, 1.54) is 5.56 Å². The number of aliphatic imine (C=N–C) groups is 1. The van der Waals surface area contributed by atoms with Crippen LogP contribution in [-0.4, -0.2) is 23.8 Å². The highest BCUT2D eigenvalue weighted by molar-refractivity contribution is 6.03. The smallest absolute Gasteiger partial charge is 0.246 e. The third kappa shape index (κ3) is 3.75.